The van der Waals surface area contributed by atoms with Crippen LogP contribution in [0.2, 0.25) is 0 Å². The van der Waals surface area contributed by atoms with Crippen LogP contribution >= 0.6 is 0 Å². The Balaban J connectivity index is 3.31. The van der Waals surface area contributed by atoms with Crippen molar-refractivity contribution in [2.75, 3.05) is 13.2 Å². The largest absolute Gasteiger partial charge is 0.750 e. The average molecular weight is 193 g/mol. The van der Waals surface area contributed by atoms with Crippen LogP contribution in [-0.2, 0) is 20.3 Å². The molecule has 0 aromatic heterocycles. The van der Waals surface area contributed by atoms with Crippen LogP contribution in [0, 0.1) is 0 Å². The van der Waals surface area contributed by atoms with Crippen LogP contribution in [0.3, 0.4) is 0 Å². The molecule has 0 aliphatic rings. The van der Waals surface area contributed by atoms with Crippen molar-refractivity contribution < 1.29 is 17.7 Å². The zero-order valence-corrected chi connectivity index (χ0v) is 8.00. The van der Waals surface area contributed by atoms with E-state index in [4.69, 9.17) is 4.74 Å². The van der Waals surface area contributed by atoms with Crippen LogP contribution in [-0.4, -0.2) is 28.1 Å². The molecule has 2 atom stereocenters. The van der Waals surface area contributed by atoms with Crippen LogP contribution in [0.4, 0.5) is 0 Å². The standard InChI is InChI=1S/C7H14O4S/c1-3-4-5-10-6-7(2)11-12(8)9/h3-4,7H,5-6H2,1-2H3,(H,8,9)/p-1. The second-order valence-corrected chi connectivity index (χ2v) is 2.82. The molecule has 0 saturated carbocycles. The van der Waals surface area contributed by atoms with E-state index in [0.717, 1.165) is 0 Å². The Hall–Kier alpha value is -0.230. The topological polar surface area (TPSA) is 58.6 Å². The summed E-state index contributed by atoms with van der Waals surface area (Å²) in [5.74, 6) is 0. The van der Waals surface area contributed by atoms with Gasteiger partial charge in [0.2, 0.25) is 0 Å². The second kappa shape index (κ2) is 7.42. The molecule has 0 aliphatic carbocycles. The first-order valence-corrected chi connectivity index (χ1v) is 4.62. The van der Waals surface area contributed by atoms with Gasteiger partial charge in [0.25, 0.3) is 0 Å². The van der Waals surface area contributed by atoms with Gasteiger partial charge in [-0.15, -0.1) is 0 Å². The lowest BCUT2D eigenvalue weighted by Crippen LogP contribution is -2.17. The third kappa shape index (κ3) is 7.87. The normalized spacial score (nSPS) is 16.6. The molecule has 0 radical (unpaired) electrons. The Labute approximate surface area is 75.1 Å². The van der Waals surface area contributed by atoms with Gasteiger partial charge in [0.1, 0.15) is 0 Å². The molecule has 0 N–H and O–H groups in total. The van der Waals surface area contributed by atoms with E-state index in [1.807, 2.05) is 19.1 Å². The van der Waals surface area contributed by atoms with Crippen LogP contribution in [0.1, 0.15) is 13.8 Å². The second-order valence-electron chi connectivity index (χ2n) is 2.22. The van der Waals surface area contributed by atoms with Crippen molar-refractivity contribution in [1.29, 1.82) is 0 Å². The molecule has 72 valence electrons. The van der Waals surface area contributed by atoms with Crippen molar-refractivity contribution in [3.63, 3.8) is 0 Å². The smallest absolute Gasteiger partial charge is 0.0942 e. The van der Waals surface area contributed by atoms with Crippen LogP contribution in [0.15, 0.2) is 12.2 Å². The fourth-order valence-electron chi connectivity index (χ4n) is 0.560. The molecule has 0 aliphatic heterocycles. The van der Waals surface area contributed by atoms with Gasteiger partial charge in [-0.2, -0.15) is 0 Å². The summed E-state index contributed by atoms with van der Waals surface area (Å²) in [7, 11) is 0. The van der Waals surface area contributed by atoms with E-state index < -0.39 is 17.5 Å². The van der Waals surface area contributed by atoms with Gasteiger partial charge in [0.05, 0.1) is 30.7 Å². The van der Waals surface area contributed by atoms with Crippen molar-refractivity contribution in [3.8, 4) is 0 Å². The van der Waals surface area contributed by atoms with Crippen molar-refractivity contribution in [2.24, 2.45) is 0 Å². The number of hydrogen-bond acceptors (Lipinski definition) is 4. The first-order valence-electron chi connectivity index (χ1n) is 3.62. The molecule has 12 heavy (non-hydrogen) atoms. The highest BCUT2D eigenvalue weighted by Crippen LogP contribution is 1.93. The number of ether oxygens (including phenoxy) is 1. The van der Waals surface area contributed by atoms with Gasteiger partial charge >= 0.3 is 0 Å². The highest BCUT2D eigenvalue weighted by Gasteiger charge is 2.00. The molecule has 0 heterocycles. The molecule has 5 heteroatoms. The predicted molar refractivity (Wildman–Crippen MR) is 45.1 cm³/mol. The van der Waals surface area contributed by atoms with E-state index in [2.05, 4.69) is 4.18 Å². The zero-order valence-electron chi connectivity index (χ0n) is 7.19. The van der Waals surface area contributed by atoms with E-state index in [0.29, 0.717) is 6.61 Å². The Bertz CT molecular complexity index is 157. The summed E-state index contributed by atoms with van der Waals surface area (Å²) < 4.78 is 29.5. The molecule has 0 fully saturated rings. The fraction of sp³-hybridized carbons (Fsp3) is 0.714. The molecule has 4 nitrogen and oxygen atoms in total. The lowest BCUT2D eigenvalue weighted by Gasteiger charge is -2.13. The van der Waals surface area contributed by atoms with Gasteiger partial charge in [-0.05, 0) is 13.8 Å². The summed E-state index contributed by atoms with van der Waals surface area (Å²) in [6.45, 7) is 4.27. The summed E-state index contributed by atoms with van der Waals surface area (Å²) >= 11 is -2.45. The minimum Gasteiger partial charge on any atom is -0.750 e. The van der Waals surface area contributed by atoms with E-state index in [1.54, 1.807) is 6.92 Å². The first kappa shape index (κ1) is 11.8. The molecule has 2 unspecified atom stereocenters. The third-order valence-electron chi connectivity index (χ3n) is 1.05. The SMILES string of the molecule is CC=CCOCC(C)OS(=O)[O-]. The highest BCUT2D eigenvalue weighted by atomic mass is 32.2. The fourth-order valence-corrected chi connectivity index (χ4v) is 0.884. The Morgan fingerprint density at radius 3 is 2.83 bits per heavy atom. The van der Waals surface area contributed by atoms with Gasteiger partial charge in [0.15, 0.2) is 0 Å². The third-order valence-corrected chi connectivity index (χ3v) is 1.53. The Kier molecular flexibility index (Phi) is 7.28. The highest BCUT2D eigenvalue weighted by molar-refractivity contribution is 7.74. The van der Waals surface area contributed by atoms with Gasteiger partial charge in [-0.3, -0.25) is 4.18 Å². The summed E-state index contributed by atoms with van der Waals surface area (Å²) in [5.41, 5.74) is 0. The Morgan fingerprint density at radius 1 is 1.67 bits per heavy atom. The minimum absolute atomic E-state index is 0.276. The molecular formula is C7H13O4S-. The van der Waals surface area contributed by atoms with Crippen molar-refractivity contribution in [1.82, 2.24) is 0 Å². The summed E-state index contributed by atoms with van der Waals surface area (Å²) in [6.07, 6.45) is 3.27. The molecule has 0 amide bonds. The maximum atomic E-state index is 10.0. The lowest BCUT2D eigenvalue weighted by molar-refractivity contribution is 0.0753. The maximum Gasteiger partial charge on any atom is 0.0942 e. The van der Waals surface area contributed by atoms with Crippen LogP contribution < -0.4 is 0 Å². The van der Waals surface area contributed by atoms with Gasteiger partial charge in [0, 0.05) is 0 Å². The zero-order chi connectivity index (χ0) is 9.40. The van der Waals surface area contributed by atoms with E-state index in [9.17, 15) is 8.76 Å². The van der Waals surface area contributed by atoms with Gasteiger partial charge in [-0.25, -0.2) is 4.21 Å². The quantitative estimate of drug-likeness (QED) is 0.355. The monoisotopic (exact) mass is 193 g/mol. The molecule has 0 aromatic rings. The van der Waals surface area contributed by atoms with Crippen LogP contribution in [0.5, 0.6) is 0 Å². The number of hydrogen-bond donors (Lipinski definition) is 0. The molecule has 0 saturated heterocycles. The van der Waals surface area contributed by atoms with Crippen LogP contribution in [0.25, 0.3) is 0 Å². The summed E-state index contributed by atoms with van der Waals surface area (Å²) in [5, 5.41) is 0. The van der Waals surface area contributed by atoms with Gasteiger partial charge < -0.3 is 9.29 Å². The summed E-state index contributed by atoms with van der Waals surface area (Å²) in [4.78, 5) is 0. The summed E-state index contributed by atoms with van der Waals surface area (Å²) in [6, 6.07) is 0. The molecule has 0 spiro atoms. The molecule has 0 aromatic carbocycles. The van der Waals surface area contributed by atoms with E-state index in [1.165, 1.54) is 0 Å². The minimum atomic E-state index is -2.45. The lowest BCUT2D eigenvalue weighted by atomic mass is 10.4. The molecule has 0 rings (SSSR count). The molecule has 0 bridgehead atoms. The first-order chi connectivity index (χ1) is 5.66. The number of allylic oxidation sites excluding steroid dienone is 1. The number of rotatable bonds is 6. The van der Waals surface area contributed by atoms with Crippen molar-refractivity contribution >= 4 is 11.4 Å². The average Bonchev–Trinajstić information content (AvgIpc) is 1.97. The van der Waals surface area contributed by atoms with Crippen molar-refractivity contribution in [3.05, 3.63) is 12.2 Å². The maximum absolute atomic E-state index is 10.0. The Morgan fingerprint density at radius 2 is 2.33 bits per heavy atom. The van der Waals surface area contributed by atoms with Gasteiger partial charge in [-0.1, -0.05) is 12.2 Å². The van der Waals surface area contributed by atoms with E-state index in [-0.39, 0.29) is 6.61 Å². The van der Waals surface area contributed by atoms with E-state index >= 15 is 0 Å². The molecular weight excluding hydrogens is 180 g/mol. The van der Waals surface area contributed by atoms with Crippen molar-refractivity contribution in [2.45, 2.75) is 20.0 Å². The predicted octanol–water partition coefficient (Wildman–Crippen LogP) is 0.778.